The summed E-state index contributed by atoms with van der Waals surface area (Å²) < 4.78 is 5.92. The van der Waals surface area contributed by atoms with Crippen LogP contribution in [0.25, 0.3) is 0 Å². The summed E-state index contributed by atoms with van der Waals surface area (Å²) >= 11 is 0. The summed E-state index contributed by atoms with van der Waals surface area (Å²) in [5, 5.41) is 0. The number of nitrogens with zero attached hydrogens (tertiary/aromatic N) is 5. The van der Waals surface area contributed by atoms with Crippen LogP contribution in [0.1, 0.15) is 12.0 Å². The molecule has 1 aromatic carbocycles. The molecule has 2 saturated heterocycles. The van der Waals surface area contributed by atoms with Crippen LogP contribution in [-0.4, -0.2) is 67.2 Å². The van der Waals surface area contributed by atoms with E-state index in [-0.39, 0.29) is 5.91 Å². The Bertz CT molecular complexity index is 800. The summed E-state index contributed by atoms with van der Waals surface area (Å²) in [6.45, 7) is 5.23. The summed E-state index contributed by atoms with van der Waals surface area (Å²) in [6.07, 6.45) is 2.70. The average Bonchev–Trinajstić information content (AvgIpc) is 3.20. The molecule has 148 valence electrons. The van der Waals surface area contributed by atoms with Crippen molar-refractivity contribution in [2.45, 2.75) is 13.0 Å². The first kappa shape index (κ1) is 18.7. The second-order valence-electron chi connectivity index (χ2n) is 7.57. The fourth-order valence-electron chi connectivity index (χ4n) is 3.73. The van der Waals surface area contributed by atoms with E-state index in [1.165, 1.54) is 5.56 Å². The highest BCUT2D eigenvalue weighted by Crippen LogP contribution is 2.25. The van der Waals surface area contributed by atoms with Crippen LogP contribution in [0.4, 0.5) is 11.6 Å². The minimum Gasteiger partial charge on any atom is -0.376 e. The molecule has 1 aromatic heterocycles. The standard InChI is InChI=1S/C21H27N5O2/c1-24-9-10-26(13-21(24)27)20-11-19(22-16-23-20)25-8-7-18(12-25)15-28-14-17-5-3-2-4-6-17/h2-6,11,16,18H,7-10,12-15H2,1H3. The molecule has 7 heteroatoms. The number of rotatable bonds is 6. The minimum atomic E-state index is 0.128. The lowest BCUT2D eigenvalue weighted by Crippen LogP contribution is -2.48. The van der Waals surface area contributed by atoms with Crippen LogP contribution in [-0.2, 0) is 16.1 Å². The lowest BCUT2D eigenvalue weighted by Gasteiger charge is -2.33. The van der Waals surface area contributed by atoms with Gasteiger partial charge in [-0.3, -0.25) is 4.79 Å². The fraction of sp³-hybridized carbons (Fsp3) is 0.476. The molecular weight excluding hydrogens is 354 g/mol. The number of benzene rings is 1. The van der Waals surface area contributed by atoms with Crippen molar-refractivity contribution < 1.29 is 9.53 Å². The predicted molar refractivity (Wildman–Crippen MR) is 108 cm³/mol. The number of amides is 1. The second-order valence-corrected chi connectivity index (χ2v) is 7.57. The summed E-state index contributed by atoms with van der Waals surface area (Å²) in [7, 11) is 1.84. The molecule has 2 fully saturated rings. The lowest BCUT2D eigenvalue weighted by molar-refractivity contribution is -0.129. The molecule has 28 heavy (non-hydrogen) atoms. The molecule has 2 aromatic rings. The zero-order valence-electron chi connectivity index (χ0n) is 16.3. The predicted octanol–water partition coefficient (Wildman–Crippen LogP) is 1.80. The molecule has 4 rings (SSSR count). The molecule has 7 nitrogen and oxygen atoms in total. The minimum absolute atomic E-state index is 0.128. The van der Waals surface area contributed by atoms with Crippen LogP contribution >= 0.6 is 0 Å². The van der Waals surface area contributed by atoms with Gasteiger partial charge in [0.15, 0.2) is 0 Å². The normalized spacial score (nSPS) is 20.1. The van der Waals surface area contributed by atoms with Gasteiger partial charge < -0.3 is 19.4 Å². The van der Waals surface area contributed by atoms with E-state index in [0.717, 1.165) is 50.8 Å². The van der Waals surface area contributed by atoms with E-state index < -0.39 is 0 Å². The third-order valence-corrected chi connectivity index (χ3v) is 5.49. The first-order chi connectivity index (χ1) is 13.7. The van der Waals surface area contributed by atoms with Crippen molar-refractivity contribution >= 4 is 17.5 Å². The Kier molecular flexibility index (Phi) is 5.71. The monoisotopic (exact) mass is 381 g/mol. The molecule has 1 atom stereocenters. The maximum atomic E-state index is 12.0. The third-order valence-electron chi connectivity index (χ3n) is 5.49. The molecule has 0 saturated carbocycles. The van der Waals surface area contributed by atoms with Gasteiger partial charge in [-0.05, 0) is 12.0 Å². The average molecular weight is 381 g/mol. The largest absolute Gasteiger partial charge is 0.376 e. The van der Waals surface area contributed by atoms with Gasteiger partial charge in [0.2, 0.25) is 5.91 Å². The highest BCUT2D eigenvalue weighted by molar-refractivity contribution is 5.82. The number of aromatic nitrogens is 2. The Morgan fingerprint density at radius 3 is 2.64 bits per heavy atom. The molecule has 1 amide bonds. The van der Waals surface area contributed by atoms with Crippen LogP contribution in [0.3, 0.4) is 0 Å². The Morgan fingerprint density at radius 2 is 1.86 bits per heavy atom. The van der Waals surface area contributed by atoms with Gasteiger partial charge in [-0.25, -0.2) is 9.97 Å². The van der Waals surface area contributed by atoms with Crippen molar-refractivity contribution in [1.82, 2.24) is 14.9 Å². The van der Waals surface area contributed by atoms with Crippen molar-refractivity contribution in [3.8, 4) is 0 Å². The number of hydrogen-bond acceptors (Lipinski definition) is 6. The molecule has 0 N–H and O–H groups in total. The highest BCUT2D eigenvalue weighted by atomic mass is 16.5. The van der Waals surface area contributed by atoms with E-state index >= 15 is 0 Å². The third kappa shape index (κ3) is 4.42. The molecule has 0 aliphatic carbocycles. The first-order valence-corrected chi connectivity index (χ1v) is 9.86. The van der Waals surface area contributed by atoms with E-state index in [2.05, 4.69) is 27.0 Å². The van der Waals surface area contributed by atoms with Crippen molar-refractivity contribution in [2.24, 2.45) is 5.92 Å². The summed E-state index contributed by atoms with van der Waals surface area (Å²) in [5.74, 6) is 2.40. The zero-order valence-corrected chi connectivity index (χ0v) is 16.3. The molecule has 1 unspecified atom stereocenters. The Morgan fingerprint density at radius 1 is 1.07 bits per heavy atom. The van der Waals surface area contributed by atoms with E-state index in [4.69, 9.17) is 4.74 Å². The number of hydrogen-bond donors (Lipinski definition) is 0. The van der Waals surface area contributed by atoms with Crippen LogP contribution in [0.15, 0.2) is 42.7 Å². The quantitative estimate of drug-likeness (QED) is 0.760. The molecule has 0 radical (unpaired) electrons. The number of anilines is 2. The Hall–Kier alpha value is -2.67. The van der Waals surface area contributed by atoms with Gasteiger partial charge in [-0.1, -0.05) is 30.3 Å². The van der Waals surface area contributed by atoms with Gasteiger partial charge in [0.05, 0.1) is 19.8 Å². The van der Waals surface area contributed by atoms with E-state index in [9.17, 15) is 4.79 Å². The van der Waals surface area contributed by atoms with Gasteiger partial charge in [-0.15, -0.1) is 0 Å². The van der Waals surface area contributed by atoms with E-state index in [1.54, 1.807) is 11.2 Å². The van der Waals surface area contributed by atoms with Gasteiger partial charge in [-0.2, -0.15) is 0 Å². The molecule has 0 spiro atoms. The van der Waals surface area contributed by atoms with E-state index in [1.807, 2.05) is 36.2 Å². The second kappa shape index (κ2) is 8.56. The molecule has 3 heterocycles. The number of ether oxygens (including phenoxy) is 1. The van der Waals surface area contributed by atoms with Crippen LogP contribution in [0.5, 0.6) is 0 Å². The summed E-state index contributed by atoms with van der Waals surface area (Å²) in [6, 6.07) is 12.3. The van der Waals surface area contributed by atoms with Crippen molar-refractivity contribution in [3.05, 3.63) is 48.3 Å². The number of piperazine rings is 1. The summed E-state index contributed by atoms with van der Waals surface area (Å²) in [4.78, 5) is 26.9. The van der Waals surface area contributed by atoms with Gasteiger partial charge in [0.1, 0.15) is 18.0 Å². The van der Waals surface area contributed by atoms with E-state index in [0.29, 0.717) is 19.1 Å². The fourth-order valence-corrected chi connectivity index (χ4v) is 3.73. The number of carbonyl (C=O) groups excluding carboxylic acids is 1. The maximum Gasteiger partial charge on any atom is 0.241 e. The zero-order chi connectivity index (χ0) is 19.3. The summed E-state index contributed by atoms with van der Waals surface area (Å²) in [5.41, 5.74) is 1.21. The van der Waals surface area contributed by atoms with Crippen molar-refractivity contribution in [2.75, 3.05) is 56.2 Å². The number of likely N-dealkylation sites (N-methyl/N-ethyl adjacent to an activating group) is 1. The van der Waals surface area contributed by atoms with Crippen LogP contribution < -0.4 is 9.80 Å². The number of carbonyl (C=O) groups is 1. The smallest absolute Gasteiger partial charge is 0.241 e. The van der Waals surface area contributed by atoms with Crippen molar-refractivity contribution in [3.63, 3.8) is 0 Å². The molecule has 2 aliphatic rings. The molecule has 0 bridgehead atoms. The van der Waals surface area contributed by atoms with Crippen molar-refractivity contribution in [1.29, 1.82) is 0 Å². The molecular formula is C21H27N5O2. The SMILES string of the molecule is CN1CCN(c2cc(N3CCC(COCc4ccccc4)C3)ncn2)CC1=O. The maximum absolute atomic E-state index is 12.0. The molecule has 2 aliphatic heterocycles. The van der Waals surface area contributed by atoms with Crippen LogP contribution in [0.2, 0.25) is 0 Å². The van der Waals surface area contributed by atoms with Gasteiger partial charge in [0, 0.05) is 45.2 Å². The highest BCUT2D eigenvalue weighted by Gasteiger charge is 2.26. The van der Waals surface area contributed by atoms with Crippen LogP contribution in [0, 0.1) is 5.92 Å². The first-order valence-electron chi connectivity index (χ1n) is 9.86. The lowest BCUT2D eigenvalue weighted by atomic mass is 10.1. The Balaban J connectivity index is 1.31. The Labute approximate surface area is 165 Å². The van der Waals surface area contributed by atoms with Gasteiger partial charge in [0.25, 0.3) is 0 Å². The van der Waals surface area contributed by atoms with Gasteiger partial charge >= 0.3 is 0 Å². The topological polar surface area (TPSA) is 61.8 Å².